The van der Waals surface area contributed by atoms with Crippen LogP contribution >= 0.6 is 22.6 Å². The van der Waals surface area contributed by atoms with Gasteiger partial charge in [-0.1, -0.05) is 30.3 Å². The molecule has 0 aliphatic rings. The van der Waals surface area contributed by atoms with Gasteiger partial charge in [0.25, 0.3) is 11.8 Å². The van der Waals surface area contributed by atoms with Crippen LogP contribution in [0.1, 0.15) is 26.3 Å². The first-order valence-corrected chi connectivity index (χ1v) is 10.9. The molecule has 0 saturated carbocycles. The van der Waals surface area contributed by atoms with Crippen molar-refractivity contribution >= 4 is 46.6 Å². The monoisotopic (exact) mass is 557 g/mol. The van der Waals surface area contributed by atoms with E-state index in [1.807, 2.05) is 18.2 Å². The Bertz CT molecular complexity index is 1180. The molecule has 8 nitrogen and oxygen atoms in total. The second kappa shape index (κ2) is 11.8. The van der Waals surface area contributed by atoms with Crippen molar-refractivity contribution in [2.75, 3.05) is 13.7 Å². The summed E-state index contributed by atoms with van der Waals surface area (Å²) in [7, 11) is 1.45. The third-order valence-corrected chi connectivity index (χ3v) is 5.27. The van der Waals surface area contributed by atoms with E-state index < -0.39 is 11.9 Å². The highest BCUT2D eigenvalue weighted by Crippen LogP contribution is 2.28. The Kier molecular flexibility index (Phi) is 8.53. The molecule has 0 aromatic heterocycles. The van der Waals surface area contributed by atoms with Crippen molar-refractivity contribution in [3.05, 3.63) is 93.1 Å². The van der Waals surface area contributed by atoms with Crippen molar-refractivity contribution in [2.24, 2.45) is 5.10 Å². The SMILES string of the molecule is COc1cc(/C=N/NC(=O)CNC(=O)c2ccccc2I)ccc1OC(=O)c1ccccc1. The number of rotatable bonds is 8. The molecule has 0 atom stereocenters. The standard InChI is InChI=1S/C24H20IN3O5/c1-32-21-13-16(11-12-20(21)33-24(31)17-7-3-2-4-8-17)14-27-28-22(29)15-26-23(30)18-9-5-6-10-19(18)25/h2-14H,15H2,1H3,(H,26,30)(H,28,29)/b27-14+. The fourth-order valence-corrected chi connectivity index (χ4v) is 3.33. The van der Waals surface area contributed by atoms with Gasteiger partial charge in [-0.15, -0.1) is 0 Å². The van der Waals surface area contributed by atoms with Crippen LogP contribution in [-0.4, -0.2) is 37.7 Å². The number of carbonyl (C=O) groups is 3. The van der Waals surface area contributed by atoms with E-state index in [0.717, 1.165) is 3.57 Å². The fourth-order valence-electron chi connectivity index (χ4n) is 2.70. The molecule has 3 rings (SSSR count). The number of hydrogen-bond acceptors (Lipinski definition) is 6. The average molecular weight is 557 g/mol. The molecule has 0 bridgehead atoms. The molecule has 0 spiro atoms. The number of ether oxygens (including phenoxy) is 2. The third-order valence-electron chi connectivity index (χ3n) is 4.33. The van der Waals surface area contributed by atoms with Crippen LogP contribution in [0, 0.1) is 3.57 Å². The second-order valence-corrected chi connectivity index (χ2v) is 7.78. The van der Waals surface area contributed by atoms with Crippen molar-refractivity contribution in [1.29, 1.82) is 0 Å². The lowest BCUT2D eigenvalue weighted by Crippen LogP contribution is -2.35. The number of amides is 2. The van der Waals surface area contributed by atoms with Crippen LogP contribution in [0.25, 0.3) is 0 Å². The fraction of sp³-hybridized carbons (Fsp3) is 0.0833. The number of nitrogens with one attached hydrogen (secondary N) is 2. The van der Waals surface area contributed by atoms with Gasteiger partial charge in [-0.25, -0.2) is 10.2 Å². The highest BCUT2D eigenvalue weighted by Gasteiger charge is 2.13. The lowest BCUT2D eigenvalue weighted by Gasteiger charge is -2.10. The first-order chi connectivity index (χ1) is 16.0. The topological polar surface area (TPSA) is 106 Å². The lowest BCUT2D eigenvalue weighted by molar-refractivity contribution is -0.120. The van der Waals surface area contributed by atoms with Gasteiger partial charge < -0.3 is 14.8 Å². The van der Waals surface area contributed by atoms with Gasteiger partial charge in [0.05, 0.1) is 31.0 Å². The van der Waals surface area contributed by atoms with Crippen LogP contribution in [0.4, 0.5) is 0 Å². The molecule has 3 aromatic carbocycles. The largest absolute Gasteiger partial charge is 0.493 e. The number of hydrazone groups is 1. The molecule has 0 fully saturated rings. The normalized spacial score (nSPS) is 10.5. The molecule has 0 saturated heterocycles. The number of carbonyl (C=O) groups excluding carboxylic acids is 3. The zero-order chi connectivity index (χ0) is 23.6. The van der Waals surface area contributed by atoms with E-state index in [4.69, 9.17) is 9.47 Å². The molecule has 0 radical (unpaired) electrons. The Hall–Kier alpha value is -3.73. The zero-order valence-electron chi connectivity index (χ0n) is 17.6. The van der Waals surface area contributed by atoms with Crippen molar-refractivity contribution in [1.82, 2.24) is 10.7 Å². The Labute approximate surface area is 204 Å². The molecule has 9 heteroatoms. The minimum atomic E-state index is -0.505. The Balaban J connectivity index is 1.54. The van der Waals surface area contributed by atoms with Crippen LogP contribution < -0.4 is 20.2 Å². The summed E-state index contributed by atoms with van der Waals surface area (Å²) in [5.74, 6) is -0.740. The maximum absolute atomic E-state index is 12.3. The molecule has 33 heavy (non-hydrogen) atoms. The average Bonchev–Trinajstić information content (AvgIpc) is 2.84. The third kappa shape index (κ3) is 6.88. The van der Waals surface area contributed by atoms with E-state index in [1.54, 1.807) is 54.6 Å². The summed E-state index contributed by atoms with van der Waals surface area (Å²) in [6.45, 7) is -0.223. The highest BCUT2D eigenvalue weighted by molar-refractivity contribution is 14.1. The van der Waals surface area contributed by atoms with Crippen molar-refractivity contribution in [3.8, 4) is 11.5 Å². The molecule has 0 aliphatic carbocycles. The molecule has 2 N–H and O–H groups in total. The van der Waals surface area contributed by atoms with Crippen LogP contribution in [-0.2, 0) is 4.79 Å². The summed E-state index contributed by atoms with van der Waals surface area (Å²) < 4.78 is 11.5. The number of benzene rings is 3. The van der Waals surface area contributed by atoms with E-state index in [-0.39, 0.29) is 18.2 Å². The van der Waals surface area contributed by atoms with E-state index >= 15 is 0 Å². The molecule has 0 unspecified atom stereocenters. The first-order valence-electron chi connectivity index (χ1n) is 9.78. The molecule has 0 heterocycles. The summed E-state index contributed by atoms with van der Waals surface area (Å²) in [5.41, 5.74) is 3.87. The maximum Gasteiger partial charge on any atom is 0.343 e. The minimum absolute atomic E-state index is 0.223. The number of nitrogens with zero attached hydrogens (tertiary/aromatic N) is 1. The predicted octanol–water partition coefficient (Wildman–Crippen LogP) is 3.40. The Morgan fingerprint density at radius 3 is 2.42 bits per heavy atom. The van der Waals surface area contributed by atoms with Gasteiger partial charge in [0.15, 0.2) is 11.5 Å². The van der Waals surface area contributed by atoms with Crippen LogP contribution in [0.15, 0.2) is 77.9 Å². The number of hydrogen-bond donors (Lipinski definition) is 2. The van der Waals surface area contributed by atoms with Gasteiger partial charge in [0, 0.05) is 3.57 Å². The van der Waals surface area contributed by atoms with E-state index in [0.29, 0.717) is 22.4 Å². The van der Waals surface area contributed by atoms with E-state index in [2.05, 4.69) is 38.4 Å². The number of halogens is 1. The molecular formula is C24H20IN3O5. The predicted molar refractivity (Wildman–Crippen MR) is 132 cm³/mol. The van der Waals surface area contributed by atoms with Crippen molar-refractivity contribution in [2.45, 2.75) is 0 Å². The first kappa shape index (κ1) is 23.9. The van der Waals surface area contributed by atoms with Crippen LogP contribution in [0.2, 0.25) is 0 Å². The van der Waals surface area contributed by atoms with Gasteiger partial charge in [0.2, 0.25) is 0 Å². The molecule has 0 aliphatic heterocycles. The van der Waals surface area contributed by atoms with Crippen molar-refractivity contribution < 1.29 is 23.9 Å². The van der Waals surface area contributed by atoms with Crippen molar-refractivity contribution in [3.63, 3.8) is 0 Å². The molecular weight excluding hydrogens is 537 g/mol. The van der Waals surface area contributed by atoms with Gasteiger partial charge >= 0.3 is 5.97 Å². The highest BCUT2D eigenvalue weighted by atomic mass is 127. The summed E-state index contributed by atoms with van der Waals surface area (Å²) in [6.07, 6.45) is 1.41. The summed E-state index contributed by atoms with van der Waals surface area (Å²) >= 11 is 2.06. The number of esters is 1. The number of methoxy groups -OCH3 is 1. The van der Waals surface area contributed by atoms with Crippen LogP contribution in [0.5, 0.6) is 11.5 Å². The summed E-state index contributed by atoms with van der Waals surface area (Å²) in [6, 6.07) is 20.5. The smallest absolute Gasteiger partial charge is 0.343 e. The summed E-state index contributed by atoms with van der Waals surface area (Å²) in [5, 5.41) is 6.43. The minimum Gasteiger partial charge on any atom is -0.493 e. The van der Waals surface area contributed by atoms with Crippen LogP contribution in [0.3, 0.4) is 0 Å². The van der Waals surface area contributed by atoms with Gasteiger partial charge in [-0.05, 0) is 70.6 Å². The molecule has 3 aromatic rings. The summed E-state index contributed by atoms with van der Waals surface area (Å²) in [4.78, 5) is 36.4. The van der Waals surface area contributed by atoms with E-state index in [1.165, 1.54) is 13.3 Å². The Morgan fingerprint density at radius 2 is 1.70 bits per heavy atom. The lowest BCUT2D eigenvalue weighted by atomic mass is 10.2. The second-order valence-electron chi connectivity index (χ2n) is 6.62. The maximum atomic E-state index is 12.3. The van der Waals surface area contributed by atoms with Gasteiger partial charge in [-0.2, -0.15) is 5.10 Å². The molecule has 2 amide bonds. The Morgan fingerprint density at radius 1 is 0.970 bits per heavy atom. The quantitative estimate of drug-likeness (QED) is 0.145. The van der Waals surface area contributed by atoms with E-state index in [9.17, 15) is 14.4 Å². The van der Waals surface area contributed by atoms with Gasteiger partial charge in [-0.3, -0.25) is 9.59 Å². The molecule has 168 valence electrons. The van der Waals surface area contributed by atoms with Gasteiger partial charge in [0.1, 0.15) is 0 Å². The zero-order valence-corrected chi connectivity index (χ0v) is 19.7.